The highest BCUT2D eigenvalue weighted by molar-refractivity contribution is 6.04. The molecule has 2 N–H and O–H groups in total. The highest BCUT2D eigenvalue weighted by Gasteiger charge is 2.26. The average Bonchev–Trinajstić information content (AvgIpc) is 3.36. The van der Waals surface area contributed by atoms with Crippen molar-refractivity contribution in [3.63, 3.8) is 0 Å². The van der Waals surface area contributed by atoms with Crippen molar-refractivity contribution in [2.45, 2.75) is 78.7 Å². The van der Waals surface area contributed by atoms with Gasteiger partial charge in [0.05, 0.1) is 6.42 Å². The fourth-order valence-corrected chi connectivity index (χ4v) is 5.04. The monoisotopic (exact) mass is 473 g/mol. The van der Waals surface area contributed by atoms with Crippen LogP contribution in [0.15, 0.2) is 36.4 Å². The van der Waals surface area contributed by atoms with Crippen LogP contribution in [0, 0.1) is 20.8 Å². The van der Waals surface area contributed by atoms with Gasteiger partial charge in [0.25, 0.3) is 5.91 Å². The minimum Gasteiger partial charge on any atom is -0.481 e. The number of amides is 1. The molecule has 1 aliphatic rings. The SMILES string of the molecule is CCCCCn1c(-c2ccc3c(c2)CC[C@H]3CC(=O)O)nc(C(=O)Nc2ccc(C)c(C)c2)c1C. The van der Waals surface area contributed by atoms with Crippen molar-refractivity contribution in [2.75, 3.05) is 5.32 Å². The molecule has 0 spiro atoms. The molecule has 6 heteroatoms. The number of aliphatic carboxylic acids is 1. The predicted octanol–water partition coefficient (Wildman–Crippen LogP) is 6.42. The Morgan fingerprint density at radius 2 is 1.89 bits per heavy atom. The largest absolute Gasteiger partial charge is 0.481 e. The maximum atomic E-state index is 13.2. The summed E-state index contributed by atoms with van der Waals surface area (Å²) in [5.74, 6) is -0.0902. The highest BCUT2D eigenvalue weighted by atomic mass is 16.4. The first kappa shape index (κ1) is 24.7. The quantitative estimate of drug-likeness (QED) is 0.351. The number of carbonyl (C=O) groups excluding carboxylic acids is 1. The van der Waals surface area contributed by atoms with E-state index >= 15 is 0 Å². The maximum absolute atomic E-state index is 13.2. The lowest BCUT2D eigenvalue weighted by molar-refractivity contribution is -0.137. The highest BCUT2D eigenvalue weighted by Crippen LogP contribution is 2.38. The van der Waals surface area contributed by atoms with Crippen molar-refractivity contribution in [1.29, 1.82) is 0 Å². The number of hydrogen-bond donors (Lipinski definition) is 2. The maximum Gasteiger partial charge on any atom is 0.303 e. The van der Waals surface area contributed by atoms with E-state index < -0.39 is 5.97 Å². The number of carboxylic acids is 1. The van der Waals surface area contributed by atoms with Crippen molar-refractivity contribution in [3.05, 3.63) is 70.0 Å². The fourth-order valence-electron chi connectivity index (χ4n) is 5.04. The zero-order chi connectivity index (χ0) is 25.1. The molecular formula is C29H35N3O3. The van der Waals surface area contributed by atoms with E-state index in [1.165, 1.54) is 11.1 Å². The molecule has 0 bridgehead atoms. The van der Waals surface area contributed by atoms with Crippen molar-refractivity contribution in [1.82, 2.24) is 9.55 Å². The Balaban J connectivity index is 1.67. The molecule has 2 aromatic carbocycles. The fraction of sp³-hybridized carbons (Fsp3) is 0.414. The van der Waals surface area contributed by atoms with Gasteiger partial charge in [0.15, 0.2) is 0 Å². The molecule has 0 aliphatic heterocycles. The van der Waals surface area contributed by atoms with E-state index in [2.05, 4.69) is 35.9 Å². The van der Waals surface area contributed by atoms with E-state index in [4.69, 9.17) is 4.98 Å². The first-order valence-electron chi connectivity index (χ1n) is 12.6. The number of anilines is 1. The van der Waals surface area contributed by atoms with Crippen molar-refractivity contribution in [3.8, 4) is 11.4 Å². The van der Waals surface area contributed by atoms with Crippen molar-refractivity contribution < 1.29 is 14.7 Å². The number of benzene rings is 2. The molecule has 35 heavy (non-hydrogen) atoms. The van der Waals surface area contributed by atoms with Crippen LogP contribution in [0.2, 0.25) is 0 Å². The number of nitrogens with zero attached hydrogens (tertiary/aromatic N) is 2. The zero-order valence-corrected chi connectivity index (χ0v) is 21.1. The van der Waals surface area contributed by atoms with Gasteiger partial charge in [-0.05, 0) is 86.4 Å². The van der Waals surface area contributed by atoms with Crippen molar-refractivity contribution >= 4 is 17.6 Å². The van der Waals surface area contributed by atoms with Gasteiger partial charge < -0.3 is 15.0 Å². The average molecular weight is 474 g/mol. The summed E-state index contributed by atoms with van der Waals surface area (Å²) in [7, 11) is 0. The van der Waals surface area contributed by atoms with Crippen LogP contribution < -0.4 is 5.32 Å². The van der Waals surface area contributed by atoms with Crippen LogP contribution >= 0.6 is 0 Å². The standard InChI is InChI=1S/C29H35N3O3/c1-5-6-7-14-32-20(4)27(29(35)30-24-12-8-18(2)19(3)15-24)31-28(32)23-11-13-25-21(16-23)9-10-22(25)17-26(33)34/h8,11-13,15-16,22H,5-7,9-10,14,17H2,1-4H3,(H,30,35)(H,33,34)/t22-/m0/s1. The topological polar surface area (TPSA) is 84.2 Å². The predicted molar refractivity (Wildman–Crippen MR) is 139 cm³/mol. The number of nitrogens with one attached hydrogen (secondary N) is 1. The van der Waals surface area contributed by atoms with Gasteiger partial charge in [0.2, 0.25) is 0 Å². The van der Waals surface area contributed by atoms with Crippen LogP contribution in [-0.2, 0) is 17.8 Å². The van der Waals surface area contributed by atoms with Gasteiger partial charge in [-0.2, -0.15) is 0 Å². The summed E-state index contributed by atoms with van der Waals surface area (Å²) in [5.41, 5.74) is 7.68. The molecular weight excluding hydrogens is 438 g/mol. The molecule has 6 nitrogen and oxygen atoms in total. The van der Waals surface area contributed by atoms with E-state index in [0.717, 1.165) is 72.5 Å². The van der Waals surface area contributed by atoms with Crippen LogP contribution in [0.25, 0.3) is 11.4 Å². The Morgan fingerprint density at radius 1 is 1.09 bits per heavy atom. The number of carboxylic acid groups (broad SMARTS) is 1. The molecule has 3 aromatic rings. The van der Waals surface area contributed by atoms with Crippen LogP contribution in [0.1, 0.15) is 83.4 Å². The molecule has 184 valence electrons. The number of aromatic nitrogens is 2. The van der Waals surface area contributed by atoms with E-state index in [0.29, 0.717) is 5.69 Å². The third-order valence-corrected chi connectivity index (χ3v) is 7.21. The van der Waals surface area contributed by atoms with Gasteiger partial charge in [-0.25, -0.2) is 4.98 Å². The van der Waals surface area contributed by atoms with E-state index in [1.807, 2.05) is 38.1 Å². The molecule has 4 rings (SSSR count). The van der Waals surface area contributed by atoms with Crippen LogP contribution in [0.5, 0.6) is 0 Å². The molecule has 1 atom stereocenters. The summed E-state index contributed by atoms with van der Waals surface area (Å²) in [4.78, 5) is 29.3. The number of unbranched alkanes of at least 4 members (excludes halogenated alkanes) is 2. The Morgan fingerprint density at radius 3 is 2.60 bits per heavy atom. The minimum absolute atomic E-state index is 0.0712. The lowest BCUT2D eigenvalue weighted by Gasteiger charge is -2.12. The molecule has 0 unspecified atom stereocenters. The second-order valence-electron chi connectivity index (χ2n) is 9.73. The molecule has 0 saturated carbocycles. The minimum atomic E-state index is -0.756. The van der Waals surface area contributed by atoms with E-state index in [9.17, 15) is 14.7 Å². The van der Waals surface area contributed by atoms with Crippen LogP contribution in [0.4, 0.5) is 5.69 Å². The van der Waals surface area contributed by atoms with Gasteiger partial charge >= 0.3 is 5.97 Å². The Bertz CT molecular complexity index is 1260. The van der Waals surface area contributed by atoms with E-state index in [-0.39, 0.29) is 18.2 Å². The van der Waals surface area contributed by atoms with Gasteiger partial charge in [-0.15, -0.1) is 0 Å². The number of carbonyl (C=O) groups is 2. The second kappa shape index (κ2) is 10.5. The van der Waals surface area contributed by atoms with E-state index in [1.54, 1.807) is 0 Å². The number of aryl methyl sites for hydroxylation is 3. The number of imidazole rings is 1. The van der Waals surface area contributed by atoms with Gasteiger partial charge in [0, 0.05) is 23.5 Å². The first-order valence-corrected chi connectivity index (χ1v) is 12.6. The molecule has 1 aromatic heterocycles. The summed E-state index contributed by atoms with van der Waals surface area (Å²) >= 11 is 0. The second-order valence-corrected chi connectivity index (χ2v) is 9.73. The molecule has 0 fully saturated rings. The third-order valence-electron chi connectivity index (χ3n) is 7.21. The summed E-state index contributed by atoms with van der Waals surface area (Å²) in [6.45, 7) is 9.03. The van der Waals surface area contributed by atoms with Gasteiger partial charge in [0.1, 0.15) is 11.5 Å². The van der Waals surface area contributed by atoms with Crippen LogP contribution in [0.3, 0.4) is 0 Å². The summed E-state index contributed by atoms with van der Waals surface area (Å²) in [6.07, 6.45) is 5.15. The normalized spacial score (nSPS) is 14.7. The lowest BCUT2D eigenvalue weighted by Crippen LogP contribution is -2.14. The molecule has 0 radical (unpaired) electrons. The van der Waals surface area contributed by atoms with Gasteiger partial charge in [-0.3, -0.25) is 9.59 Å². The Hall–Kier alpha value is -3.41. The Kier molecular flexibility index (Phi) is 7.39. The number of hydrogen-bond acceptors (Lipinski definition) is 3. The summed E-state index contributed by atoms with van der Waals surface area (Å²) in [6, 6.07) is 12.1. The molecule has 1 amide bonds. The number of fused-ring (bicyclic) bond motifs is 1. The molecule has 1 heterocycles. The first-order chi connectivity index (χ1) is 16.8. The third kappa shape index (κ3) is 5.31. The van der Waals surface area contributed by atoms with Gasteiger partial charge in [-0.1, -0.05) is 38.0 Å². The smallest absolute Gasteiger partial charge is 0.303 e. The molecule has 1 aliphatic carbocycles. The lowest BCUT2D eigenvalue weighted by atomic mass is 9.97. The summed E-state index contributed by atoms with van der Waals surface area (Å²) in [5, 5.41) is 12.3. The zero-order valence-electron chi connectivity index (χ0n) is 21.1. The van der Waals surface area contributed by atoms with Crippen molar-refractivity contribution in [2.24, 2.45) is 0 Å². The van der Waals surface area contributed by atoms with Crippen LogP contribution in [-0.4, -0.2) is 26.5 Å². The number of rotatable bonds is 9. The molecule has 0 saturated heterocycles. The Labute approximate surface area is 207 Å². The summed E-state index contributed by atoms with van der Waals surface area (Å²) < 4.78 is 2.16.